The van der Waals surface area contributed by atoms with Crippen LogP contribution in [0.15, 0.2) is 45.7 Å². The first kappa shape index (κ1) is 18.2. The number of carbonyl (C=O) groups is 1. The van der Waals surface area contributed by atoms with Gasteiger partial charge in [0.05, 0.1) is 25.2 Å². The van der Waals surface area contributed by atoms with Gasteiger partial charge in [0.2, 0.25) is 0 Å². The molecule has 2 aliphatic rings. The van der Waals surface area contributed by atoms with Gasteiger partial charge in [0.15, 0.2) is 4.32 Å². The molecule has 0 spiro atoms. The molecule has 1 amide bonds. The Labute approximate surface area is 166 Å². The van der Waals surface area contributed by atoms with E-state index in [-0.39, 0.29) is 5.91 Å². The maximum absolute atomic E-state index is 12.8. The second-order valence-electron chi connectivity index (χ2n) is 5.99. The fourth-order valence-electron chi connectivity index (χ4n) is 2.93. The summed E-state index contributed by atoms with van der Waals surface area (Å²) >= 11 is 6.69. The van der Waals surface area contributed by atoms with E-state index in [9.17, 15) is 4.79 Å². The number of carbonyl (C=O) groups excluding carboxylic acids is 1. The van der Waals surface area contributed by atoms with Crippen LogP contribution in [0.25, 0.3) is 17.4 Å². The van der Waals surface area contributed by atoms with Crippen LogP contribution in [0.2, 0.25) is 0 Å². The molecule has 1 aromatic heterocycles. The molecular weight excluding hydrogens is 384 g/mol. The summed E-state index contributed by atoms with van der Waals surface area (Å²) in [6.45, 7) is 2.50. The van der Waals surface area contributed by atoms with Gasteiger partial charge >= 0.3 is 0 Å². The molecule has 1 aromatic carbocycles. The minimum Gasteiger partial charge on any atom is -0.497 e. The van der Waals surface area contributed by atoms with Gasteiger partial charge in [-0.1, -0.05) is 24.0 Å². The Morgan fingerprint density at radius 1 is 1.15 bits per heavy atom. The number of furan rings is 1. The van der Waals surface area contributed by atoms with Gasteiger partial charge in [0, 0.05) is 24.7 Å². The monoisotopic (exact) mass is 402 g/mol. The summed E-state index contributed by atoms with van der Waals surface area (Å²) in [4.78, 5) is 13.3. The average molecular weight is 402 g/mol. The van der Waals surface area contributed by atoms with Crippen LogP contribution >= 0.6 is 24.0 Å². The maximum Gasteiger partial charge on any atom is 0.281 e. The number of benzene rings is 1. The molecule has 0 bridgehead atoms. The van der Waals surface area contributed by atoms with Crippen LogP contribution in [0.1, 0.15) is 5.76 Å². The van der Waals surface area contributed by atoms with E-state index in [1.54, 1.807) is 18.2 Å². The Morgan fingerprint density at radius 2 is 1.89 bits per heavy atom. The predicted molar refractivity (Wildman–Crippen MR) is 108 cm³/mol. The zero-order valence-electron chi connectivity index (χ0n) is 14.7. The minimum atomic E-state index is -0.116. The van der Waals surface area contributed by atoms with Gasteiger partial charge < -0.3 is 13.9 Å². The lowest BCUT2D eigenvalue weighted by Gasteiger charge is -2.33. The maximum atomic E-state index is 12.8. The quantitative estimate of drug-likeness (QED) is 0.574. The van der Waals surface area contributed by atoms with Crippen molar-refractivity contribution in [1.29, 1.82) is 0 Å². The first-order valence-corrected chi connectivity index (χ1v) is 9.73. The zero-order valence-corrected chi connectivity index (χ0v) is 16.3. The van der Waals surface area contributed by atoms with Gasteiger partial charge in [0.1, 0.15) is 17.3 Å². The summed E-state index contributed by atoms with van der Waals surface area (Å²) in [5.74, 6) is 2.02. The van der Waals surface area contributed by atoms with Crippen molar-refractivity contribution in [3.63, 3.8) is 0 Å². The highest BCUT2D eigenvalue weighted by atomic mass is 32.2. The fourth-order valence-corrected chi connectivity index (χ4v) is 4.22. The Morgan fingerprint density at radius 3 is 2.59 bits per heavy atom. The SMILES string of the molecule is COc1ccc(-c2ccc(/C=C3/SC(=S)N(N4CCOCC4)C3=O)o2)cc1. The van der Waals surface area contributed by atoms with Crippen LogP contribution in [-0.2, 0) is 9.53 Å². The molecule has 2 fully saturated rings. The van der Waals surface area contributed by atoms with Crippen molar-refractivity contribution in [2.45, 2.75) is 0 Å². The molecular formula is C19H18N2O4S2. The van der Waals surface area contributed by atoms with Gasteiger partial charge in [-0.3, -0.25) is 4.79 Å². The van der Waals surface area contributed by atoms with Crippen molar-refractivity contribution >= 4 is 40.3 Å². The number of morpholine rings is 1. The van der Waals surface area contributed by atoms with Crippen LogP contribution in [-0.4, -0.2) is 53.7 Å². The van der Waals surface area contributed by atoms with Gasteiger partial charge in [-0.15, -0.1) is 0 Å². The molecule has 2 saturated heterocycles. The third-order valence-electron chi connectivity index (χ3n) is 4.32. The Kier molecular flexibility index (Phi) is 5.31. The van der Waals surface area contributed by atoms with Crippen molar-refractivity contribution in [3.05, 3.63) is 47.1 Å². The number of thiocarbonyl (C=S) groups is 1. The molecule has 0 radical (unpaired) electrons. The normalized spacial score (nSPS) is 19.9. The van der Waals surface area contributed by atoms with Crippen LogP contribution < -0.4 is 4.74 Å². The van der Waals surface area contributed by atoms with Crippen molar-refractivity contribution in [1.82, 2.24) is 10.0 Å². The van der Waals surface area contributed by atoms with E-state index < -0.39 is 0 Å². The summed E-state index contributed by atoms with van der Waals surface area (Å²) in [6.07, 6.45) is 1.74. The Hall–Kier alpha value is -2.13. The number of amides is 1. The van der Waals surface area contributed by atoms with Crippen molar-refractivity contribution in [3.8, 4) is 17.1 Å². The number of hydrazine groups is 1. The molecule has 2 aliphatic heterocycles. The highest BCUT2D eigenvalue weighted by Gasteiger charge is 2.37. The molecule has 140 valence electrons. The molecule has 0 unspecified atom stereocenters. The highest BCUT2D eigenvalue weighted by Crippen LogP contribution is 2.35. The number of methoxy groups -OCH3 is 1. The summed E-state index contributed by atoms with van der Waals surface area (Å²) < 4.78 is 16.9. The molecule has 6 nitrogen and oxygen atoms in total. The molecule has 0 N–H and O–H groups in total. The topological polar surface area (TPSA) is 55.2 Å². The molecule has 4 rings (SSSR count). The minimum absolute atomic E-state index is 0.116. The number of rotatable bonds is 4. The van der Waals surface area contributed by atoms with Crippen molar-refractivity contribution < 1.29 is 18.7 Å². The summed E-state index contributed by atoms with van der Waals surface area (Å²) in [5, 5.41) is 3.51. The van der Waals surface area contributed by atoms with E-state index in [0.717, 1.165) is 17.1 Å². The average Bonchev–Trinajstić information content (AvgIpc) is 3.27. The molecule has 0 saturated carbocycles. The van der Waals surface area contributed by atoms with E-state index in [1.807, 2.05) is 41.4 Å². The van der Waals surface area contributed by atoms with Gasteiger partial charge in [-0.2, -0.15) is 0 Å². The molecule has 2 aromatic rings. The fraction of sp³-hybridized carbons (Fsp3) is 0.263. The molecule has 0 aliphatic carbocycles. The summed E-state index contributed by atoms with van der Waals surface area (Å²) in [7, 11) is 1.63. The number of nitrogens with zero attached hydrogens (tertiary/aromatic N) is 2. The Bertz CT molecular complexity index is 885. The summed E-state index contributed by atoms with van der Waals surface area (Å²) in [5.41, 5.74) is 0.941. The predicted octanol–water partition coefficient (Wildman–Crippen LogP) is 3.40. The largest absolute Gasteiger partial charge is 0.497 e. The lowest BCUT2D eigenvalue weighted by Crippen LogP contribution is -2.50. The zero-order chi connectivity index (χ0) is 18.8. The van der Waals surface area contributed by atoms with E-state index in [0.29, 0.717) is 41.3 Å². The third kappa shape index (κ3) is 3.79. The van der Waals surface area contributed by atoms with E-state index >= 15 is 0 Å². The van der Waals surface area contributed by atoms with Crippen LogP contribution in [0.3, 0.4) is 0 Å². The number of hydrogen-bond acceptors (Lipinski definition) is 7. The van der Waals surface area contributed by atoms with Crippen molar-refractivity contribution in [2.24, 2.45) is 0 Å². The first-order valence-electron chi connectivity index (χ1n) is 8.50. The van der Waals surface area contributed by atoms with Crippen molar-refractivity contribution in [2.75, 3.05) is 33.4 Å². The third-order valence-corrected chi connectivity index (χ3v) is 5.60. The van der Waals surface area contributed by atoms with Crippen LogP contribution in [0.5, 0.6) is 5.75 Å². The molecule has 27 heavy (non-hydrogen) atoms. The smallest absolute Gasteiger partial charge is 0.281 e. The second-order valence-corrected chi connectivity index (χ2v) is 7.67. The number of ether oxygens (including phenoxy) is 2. The molecule has 0 atom stereocenters. The molecule has 3 heterocycles. The summed E-state index contributed by atoms with van der Waals surface area (Å²) in [6, 6.07) is 11.4. The Balaban J connectivity index is 1.52. The lowest BCUT2D eigenvalue weighted by atomic mass is 10.2. The molecule has 8 heteroatoms. The first-order chi connectivity index (χ1) is 13.2. The lowest BCUT2D eigenvalue weighted by molar-refractivity contribution is -0.138. The van der Waals surface area contributed by atoms with Gasteiger partial charge in [0.25, 0.3) is 5.91 Å². The van der Waals surface area contributed by atoms with E-state index in [2.05, 4.69) is 0 Å². The number of thioether (sulfide) groups is 1. The highest BCUT2D eigenvalue weighted by molar-refractivity contribution is 8.26. The van der Waals surface area contributed by atoms with Gasteiger partial charge in [-0.25, -0.2) is 10.0 Å². The second kappa shape index (κ2) is 7.85. The van der Waals surface area contributed by atoms with Crippen LogP contribution in [0.4, 0.5) is 0 Å². The van der Waals surface area contributed by atoms with E-state index in [4.69, 9.17) is 26.1 Å². The van der Waals surface area contributed by atoms with E-state index in [1.165, 1.54) is 11.8 Å². The van der Waals surface area contributed by atoms with Gasteiger partial charge in [-0.05, 0) is 36.4 Å². The number of hydrogen-bond donors (Lipinski definition) is 0. The standard InChI is InChI=1S/C19H18N2O4S2/c1-23-14-4-2-13(3-5-14)16-7-6-15(25-16)12-17-18(22)21(19(26)27-17)20-8-10-24-11-9-20/h2-7,12H,8-11H2,1H3/b17-12+. The van der Waals surface area contributed by atoms with Crippen LogP contribution in [0, 0.1) is 0 Å².